The summed E-state index contributed by atoms with van der Waals surface area (Å²) in [4.78, 5) is 4.54. The fraction of sp³-hybridized carbons (Fsp3) is 0.389. The van der Waals surface area contributed by atoms with E-state index in [1.807, 2.05) is 39.0 Å². The van der Waals surface area contributed by atoms with Crippen LogP contribution in [0.1, 0.15) is 38.4 Å². The van der Waals surface area contributed by atoms with E-state index >= 15 is 0 Å². The summed E-state index contributed by atoms with van der Waals surface area (Å²) < 4.78 is 21.6. The summed E-state index contributed by atoms with van der Waals surface area (Å²) in [5.41, 5.74) is 0.807. The van der Waals surface area contributed by atoms with Gasteiger partial charge in [0.05, 0.1) is 16.7 Å². The molecule has 2 atom stereocenters. The largest absolute Gasteiger partial charge is 0.598 e. The van der Waals surface area contributed by atoms with Gasteiger partial charge in [-0.15, -0.1) is 4.72 Å². The van der Waals surface area contributed by atoms with Crippen molar-refractivity contribution >= 4 is 34.6 Å². The van der Waals surface area contributed by atoms with Crippen LogP contribution in [-0.2, 0) is 16.9 Å². The maximum absolute atomic E-state index is 12.9. The monoisotopic (exact) mass is 398 g/mol. The van der Waals surface area contributed by atoms with Crippen LogP contribution >= 0.6 is 23.2 Å². The van der Waals surface area contributed by atoms with Crippen molar-refractivity contribution in [2.45, 2.75) is 37.5 Å². The van der Waals surface area contributed by atoms with Gasteiger partial charge in [-0.25, -0.2) is 0 Å². The van der Waals surface area contributed by atoms with Crippen LogP contribution in [0.25, 0.3) is 0 Å². The molecule has 25 heavy (non-hydrogen) atoms. The van der Waals surface area contributed by atoms with Gasteiger partial charge in [-0.05, 0) is 50.6 Å². The van der Waals surface area contributed by atoms with Crippen molar-refractivity contribution in [2.75, 3.05) is 6.61 Å². The molecule has 0 unspecified atom stereocenters. The highest BCUT2D eigenvalue weighted by atomic mass is 35.5. The molecular formula is C18H20Cl2N2O2S. The van der Waals surface area contributed by atoms with E-state index in [-0.39, 0.29) is 0 Å². The minimum Gasteiger partial charge on any atom is -0.598 e. The molecule has 2 aromatic rings. The molecule has 1 aliphatic rings. The van der Waals surface area contributed by atoms with Gasteiger partial charge in [0, 0.05) is 24.0 Å². The maximum atomic E-state index is 12.9. The molecule has 4 nitrogen and oxygen atoms in total. The number of nitrogens with one attached hydrogen (secondary N) is 1. The predicted octanol–water partition coefficient (Wildman–Crippen LogP) is 4.47. The van der Waals surface area contributed by atoms with Crippen LogP contribution in [0.2, 0.25) is 10.0 Å². The van der Waals surface area contributed by atoms with Gasteiger partial charge >= 0.3 is 0 Å². The fourth-order valence-electron chi connectivity index (χ4n) is 2.77. The molecule has 1 aliphatic heterocycles. The zero-order valence-electron chi connectivity index (χ0n) is 14.3. The lowest BCUT2D eigenvalue weighted by molar-refractivity contribution is 0.221. The Bertz CT molecular complexity index is 782. The highest BCUT2D eigenvalue weighted by Crippen LogP contribution is 2.43. The molecule has 0 fully saturated rings. The Hall–Kier alpha value is -0.980. The van der Waals surface area contributed by atoms with Gasteiger partial charge < -0.3 is 9.29 Å². The Labute approximate surface area is 161 Å². The third kappa shape index (κ3) is 3.62. The standard InChI is InChI=1S/C18H20Cl2N2O2S/c1-17(2,3)25(23)22-18(12-6-7-13(19)14(20)11-12)8-10-24-15-5-4-9-21-16(15)18/h4-7,9,11,22H,8,10H2,1-3H3/t18-,25-/m0/s1. The van der Waals surface area contributed by atoms with E-state index in [4.69, 9.17) is 27.9 Å². The van der Waals surface area contributed by atoms with E-state index in [1.165, 1.54) is 0 Å². The lowest BCUT2D eigenvalue weighted by Crippen LogP contribution is -2.54. The van der Waals surface area contributed by atoms with E-state index in [9.17, 15) is 4.55 Å². The quantitative estimate of drug-likeness (QED) is 0.774. The van der Waals surface area contributed by atoms with Crippen LogP contribution < -0.4 is 9.46 Å². The molecule has 0 saturated carbocycles. The Kier molecular flexibility index (Phi) is 5.24. The maximum Gasteiger partial charge on any atom is 0.143 e. The second-order valence-electron chi connectivity index (χ2n) is 6.97. The highest BCUT2D eigenvalue weighted by Gasteiger charge is 2.47. The predicted molar refractivity (Wildman–Crippen MR) is 103 cm³/mol. The van der Waals surface area contributed by atoms with Crippen LogP contribution in [0.15, 0.2) is 36.5 Å². The van der Waals surface area contributed by atoms with Gasteiger partial charge in [0.1, 0.15) is 21.7 Å². The van der Waals surface area contributed by atoms with Crippen molar-refractivity contribution in [2.24, 2.45) is 0 Å². The number of rotatable bonds is 3. The Balaban J connectivity index is 2.18. The topological polar surface area (TPSA) is 57.2 Å². The molecule has 2 heterocycles. The summed E-state index contributed by atoms with van der Waals surface area (Å²) >= 11 is 11.0. The number of pyridine rings is 1. The number of aromatic nitrogens is 1. The summed E-state index contributed by atoms with van der Waals surface area (Å²) in [6.45, 7) is 6.26. The van der Waals surface area contributed by atoms with Crippen LogP contribution in [0.5, 0.6) is 5.75 Å². The summed E-state index contributed by atoms with van der Waals surface area (Å²) in [6, 6.07) is 9.14. The molecule has 134 valence electrons. The number of halogens is 2. The summed E-state index contributed by atoms with van der Waals surface area (Å²) in [6.07, 6.45) is 2.29. The number of nitrogens with zero attached hydrogens (tertiary/aromatic N) is 1. The molecule has 3 rings (SSSR count). The molecule has 7 heteroatoms. The van der Waals surface area contributed by atoms with E-state index in [2.05, 4.69) is 9.71 Å². The minimum atomic E-state index is -1.32. The number of hydrogen-bond donors (Lipinski definition) is 1. The highest BCUT2D eigenvalue weighted by molar-refractivity contribution is 7.90. The van der Waals surface area contributed by atoms with E-state index in [0.29, 0.717) is 34.5 Å². The van der Waals surface area contributed by atoms with E-state index in [1.54, 1.807) is 18.3 Å². The van der Waals surface area contributed by atoms with Gasteiger partial charge in [0.15, 0.2) is 0 Å². The van der Waals surface area contributed by atoms with Crippen molar-refractivity contribution in [3.63, 3.8) is 0 Å². The molecule has 1 aromatic heterocycles. The number of fused-ring (bicyclic) bond motifs is 1. The zero-order chi connectivity index (χ0) is 18.2. The normalized spacial score (nSPS) is 21.4. The Morgan fingerprint density at radius 3 is 2.68 bits per heavy atom. The molecule has 0 bridgehead atoms. The van der Waals surface area contributed by atoms with Crippen molar-refractivity contribution in [3.8, 4) is 5.75 Å². The average Bonchev–Trinajstić information content (AvgIpc) is 2.56. The smallest absolute Gasteiger partial charge is 0.143 e. The third-order valence-electron chi connectivity index (χ3n) is 4.15. The number of benzene rings is 1. The SMILES string of the molecule is CC(C)(C)[S@+]([O-])N[C@]1(c2ccc(Cl)c(Cl)c2)CCOc2cccnc21. The van der Waals surface area contributed by atoms with Gasteiger partial charge in [-0.3, -0.25) is 4.98 Å². The minimum absolute atomic E-state index is 0.434. The zero-order valence-corrected chi connectivity index (χ0v) is 16.6. The average molecular weight is 399 g/mol. The Morgan fingerprint density at radius 1 is 1.24 bits per heavy atom. The summed E-state index contributed by atoms with van der Waals surface area (Å²) in [5.74, 6) is 0.679. The van der Waals surface area contributed by atoms with Gasteiger partial charge in [-0.2, -0.15) is 0 Å². The lowest BCUT2D eigenvalue weighted by atomic mass is 9.82. The van der Waals surface area contributed by atoms with Gasteiger partial charge in [0.2, 0.25) is 0 Å². The molecule has 1 N–H and O–H groups in total. The number of hydrogen-bond acceptors (Lipinski definition) is 4. The van der Waals surface area contributed by atoms with E-state index in [0.717, 1.165) is 5.56 Å². The van der Waals surface area contributed by atoms with Gasteiger partial charge in [0.25, 0.3) is 0 Å². The molecule has 0 saturated heterocycles. The fourth-order valence-corrected chi connectivity index (χ4v) is 4.01. The summed E-state index contributed by atoms with van der Waals surface area (Å²) in [7, 11) is 0. The second kappa shape index (κ2) is 6.97. The molecule has 0 aliphatic carbocycles. The Morgan fingerprint density at radius 2 is 2.00 bits per heavy atom. The van der Waals surface area contributed by atoms with Crippen molar-refractivity contribution in [1.29, 1.82) is 0 Å². The van der Waals surface area contributed by atoms with Crippen LogP contribution in [0.4, 0.5) is 0 Å². The van der Waals surface area contributed by atoms with Crippen LogP contribution in [0.3, 0.4) is 0 Å². The van der Waals surface area contributed by atoms with Crippen molar-refractivity contribution in [1.82, 2.24) is 9.71 Å². The second-order valence-corrected chi connectivity index (χ2v) is 9.75. The first kappa shape index (κ1) is 18.8. The molecule has 0 amide bonds. The molecule has 0 radical (unpaired) electrons. The van der Waals surface area contributed by atoms with Crippen LogP contribution in [0, 0.1) is 0 Å². The first-order chi connectivity index (χ1) is 11.7. The van der Waals surface area contributed by atoms with Crippen molar-refractivity contribution < 1.29 is 9.29 Å². The lowest BCUT2D eigenvalue weighted by Gasteiger charge is -2.40. The third-order valence-corrected chi connectivity index (χ3v) is 6.53. The van der Waals surface area contributed by atoms with E-state index < -0.39 is 21.6 Å². The van der Waals surface area contributed by atoms with Crippen LogP contribution in [-0.4, -0.2) is 20.9 Å². The summed E-state index contributed by atoms with van der Waals surface area (Å²) in [5, 5.41) is 0.927. The molecular weight excluding hydrogens is 379 g/mol. The van der Waals surface area contributed by atoms with Crippen molar-refractivity contribution in [3.05, 3.63) is 57.8 Å². The number of ether oxygens (including phenoxy) is 1. The van der Waals surface area contributed by atoms with Gasteiger partial charge in [-0.1, -0.05) is 29.3 Å². The first-order valence-electron chi connectivity index (χ1n) is 7.97. The molecule has 1 aromatic carbocycles. The molecule has 0 spiro atoms. The first-order valence-corrected chi connectivity index (χ1v) is 9.88.